The van der Waals surface area contributed by atoms with Crippen molar-refractivity contribution >= 4 is 11.7 Å². The molecule has 184 valence electrons. The molecule has 0 saturated heterocycles. The van der Waals surface area contributed by atoms with Crippen LogP contribution < -0.4 is 4.90 Å². The summed E-state index contributed by atoms with van der Waals surface area (Å²) >= 11 is 0. The lowest BCUT2D eigenvalue weighted by Gasteiger charge is -2.32. The minimum Gasteiger partial charge on any atom is -0.460 e. The number of fused-ring (bicyclic) bond motifs is 1. The predicted octanol–water partition coefficient (Wildman–Crippen LogP) is 4.95. The Bertz CT molecular complexity index is 996. The molecule has 0 bridgehead atoms. The van der Waals surface area contributed by atoms with E-state index < -0.39 is 23.8 Å². The molecule has 34 heavy (non-hydrogen) atoms. The van der Waals surface area contributed by atoms with Crippen molar-refractivity contribution in [1.29, 1.82) is 0 Å². The highest BCUT2D eigenvalue weighted by Crippen LogP contribution is 2.46. The first-order chi connectivity index (χ1) is 16.0. The quantitative estimate of drug-likeness (QED) is 0.423. The van der Waals surface area contributed by atoms with E-state index in [1.54, 1.807) is 26.8 Å². The summed E-state index contributed by atoms with van der Waals surface area (Å²) in [6.45, 7) is 9.54. The van der Waals surface area contributed by atoms with E-state index in [1.807, 2.05) is 30.3 Å². The Labute approximate surface area is 201 Å². The normalized spacial score (nSPS) is 20.0. The van der Waals surface area contributed by atoms with Gasteiger partial charge in [-0.1, -0.05) is 42.5 Å². The Morgan fingerprint density at radius 3 is 2.38 bits per heavy atom. The molecular weight excluding hydrogens is 433 g/mol. The minimum atomic E-state index is -1.01. The monoisotopic (exact) mass is 469 g/mol. The summed E-state index contributed by atoms with van der Waals surface area (Å²) in [5.41, 5.74) is 2.63. The first kappa shape index (κ1) is 25.9. The number of hydrogen-bond acceptors (Lipinski definition) is 5. The highest BCUT2D eigenvalue weighted by atomic mass is 19.1. The van der Waals surface area contributed by atoms with Gasteiger partial charge in [0.25, 0.3) is 0 Å². The number of aliphatic hydroxyl groups excluding tert-OH is 2. The number of carbonyl (C=O) groups is 1. The molecule has 0 radical (unpaired) electrons. The second-order valence-corrected chi connectivity index (χ2v) is 10.2. The molecule has 0 fully saturated rings. The van der Waals surface area contributed by atoms with E-state index in [0.717, 1.165) is 16.8 Å². The van der Waals surface area contributed by atoms with Crippen LogP contribution in [0.1, 0.15) is 64.5 Å². The number of para-hydroxylation sites is 1. The standard InChI is InChI=1S/C28H36FNO4/c1-18(2)30-24-9-7-6-8-23(24)27(19-10-12-20(29)13-11-19)25(30)15-14-21(31)16-22(32)17-26(33)34-28(3,4)5/h6-15,18,21-22,25,27,31-32H,16-17H2,1-5H3/b15-14+. The topological polar surface area (TPSA) is 70.0 Å². The van der Waals surface area contributed by atoms with Crippen molar-refractivity contribution in [3.63, 3.8) is 0 Å². The molecule has 3 rings (SSSR count). The molecule has 2 aromatic rings. The Morgan fingerprint density at radius 1 is 1.12 bits per heavy atom. The van der Waals surface area contributed by atoms with Crippen LogP contribution in [0.2, 0.25) is 0 Å². The summed E-state index contributed by atoms with van der Waals surface area (Å²) in [4.78, 5) is 14.3. The van der Waals surface area contributed by atoms with Gasteiger partial charge in [0.2, 0.25) is 0 Å². The molecule has 0 amide bonds. The van der Waals surface area contributed by atoms with Crippen molar-refractivity contribution in [3.05, 3.63) is 77.6 Å². The highest BCUT2D eigenvalue weighted by Gasteiger charge is 2.39. The molecule has 0 spiro atoms. The third-order valence-electron chi connectivity index (χ3n) is 5.86. The molecule has 2 aromatic carbocycles. The fourth-order valence-electron chi connectivity index (χ4n) is 4.62. The van der Waals surface area contributed by atoms with Crippen molar-refractivity contribution in [2.75, 3.05) is 4.90 Å². The van der Waals surface area contributed by atoms with Crippen LogP contribution in [0.25, 0.3) is 0 Å². The average molecular weight is 470 g/mol. The number of aliphatic hydroxyl groups is 2. The zero-order chi connectivity index (χ0) is 25.0. The van der Waals surface area contributed by atoms with Crippen LogP contribution in [0.3, 0.4) is 0 Å². The van der Waals surface area contributed by atoms with Gasteiger partial charge in [0, 0.05) is 24.1 Å². The van der Waals surface area contributed by atoms with Gasteiger partial charge in [-0.3, -0.25) is 4.79 Å². The molecule has 6 heteroatoms. The van der Waals surface area contributed by atoms with Gasteiger partial charge in [-0.15, -0.1) is 0 Å². The van der Waals surface area contributed by atoms with Crippen LogP contribution in [0.5, 0.6) is 0 Å². The van der Waals surface area contributed by atoms with E-state index in [1.165, 1.54) is 12.1 Å². The number of ether oxygens (including phenoxy) is 1. The molecule has 0 aliphatic carbocycles. The van der Waals surface area contributed by atoms with Gasteiger partial charge in [0.1, 0.15) is 11.4 Å². The summed E-state index contributed by atoms with van der Waals surface area (Å²) in [6.07, 6.45) is 1.55. The predicted molar refractivity (Wildman–Crippen MR) is 132 cm³/mol. The van der Waals surface area contributed by atoms with E-state index >= 15 is 0 Å². The van der Waals surface area contributed by atoms with Crippen LogP contribution in [-0.4, -0.2) is 46.1 Å². The van der Waals surface area contributed by atoms with Crippen LogP contribution in [0.15, 0.2) is 60.7 Å². The van der Waals surface area contributed by atoms with Crippen molar-refractivity contribution in [2.45, 2.75) is 83.3 Å². The maximum atomic E-state index is 13.6. The molecule has 2 N–H and O–H groups in total. The summed E-state index contributed by atoms with van der Waals surface area (Å²) in [5.74, 6) is -0.809. The number of esters is 1. The largest absolute Gasteiger partial charge is 0.460 e. The number of hydrogen-bond donors (Lipinski definition) is 2. The van der Waals surface area contributed by atoms with Crippen molar-refractivity contribution in [1.82, 2.24) is 0 Å². The lowest BCUT2D eigenvalue weighted by Crippen LogP contribution is -2.38. The number of benzene rings is 2. The van der Waals surface area contributed by atoms with Gasteiger partial charge >= 0.3 is 5.97 Å². The van der Waals surface area contributed by atoms with E-state index in [9.17, 15) is 19.4 Å². The first-order valence-corrected chi connectivity index (χ1v) is 11.9. The third kappa shape index (κ3) is 6.45. The van der Waals surface area contributed by atoms with E-state index in [2.05, 4.69) is 30.9 Å². The number of nitrogens with zero attached hydrogens (tertiary/aromatic N) is 1. The zero-order valence-electron chi connectivity index (χ0n) is 20.6. The van der Waals surface area contributed by atoms with Crippen LogP contribution in [0.4, 0.5) is 10.1 Å². The summed E-state index contributed by atoms with van der Waals surface area (Å²) in [5, 5.41) is 20.9. The Kier molecular flexibility index (Phi) is 8.16. The second kappa shape index (κ2) is 10.7. The van der Waals surface area contributed by atoms with Gasteiger partial charge in [-0.2, -0.15) is 0 Å². The van der Waals surface area contributed by atoms with Gasteiger partial charge in [-0.25, -0.2) is 4.39 Å². The second-order valence-electron chi connectivity index (χ2n) is 10.2. The molecule has 4 atom stereocenters. The highest BCUT2D eigenvalue weighted by molar-refractivity contribution is 5.70. The van der Waals surface area contributed by atoms with E-state index in [0.29, 0.717) is 0 Å². The van der Waals surface area contributed by atoms with Gasteiger partial charge in [-0.05, 0) is 63.9 Å². The maximum absolute atomic E-state index is 13.6. The SMILES string of the molecule is CC(C)N1c2ccccc2C(c2ccc(F)cc2)C1/C=C/C(O)CC(O)CC(=O)OC(C)(C)C. The molecule has 0 saturated carbocycles. The Hall–Kier alpha value is -2.70. The lowest BCUT2D eigenvalue weighted by molar-refractivity contribution is -0.157. The van der Waals surface area contributed by atoms with E-state index in [4.69, 9.17) is 4.74 Å². The fourth-order valence-corrected chi connectivity index (χ4v) is 4.62. The summed E-state index contributed by atoms with van der Waals surface area (Å²) in [6, 6.07) is 14.8. The average Bonchev–Trinajstić information content (AvgIpc) is 3.05. The molecular formula is C28H36FNO4. The van der Waals surface area contributed by atoms with Gasteiger partial charge in [0.15, 0.2) is 0 Å². The number of carbonyl (C=O) groups excluding carboxylic acids is 1. The molecule has 1 aliphatic heterocycles. The molecule has 1 heterocycles. The van der Waals surface area contributed by atoms with E-state index in [-0.39, 0.29) is 36.7 Å². The minimum absolute atomic E-state index is 0.0261. The Morgan fingerprint density at radius 2 is 1.76 bits per heavy atom. The summed E-state index contributed by atoms with van der Waals surface area (Å²) in [7, 11) is 0. The summed E-state index contributed by atoms with van der Waals surface area (Å²) < 4.78 is 18.9. The molecule has 4 unspecified atom stereocenters. The fraction of sp³-hybridized carbons (Fsp3) is 0.464. The number of halogens is 1. The van der Waals surface area contributed by atoms with Crippen LogP contribution >= 0.6 is 0 Å². The number of anilines is 1. The molecule has 1 aliphatic rings. The van der Waals surface area contributed by atoms with Gasteiger partial charge < -0.3 is 19.8 Å². The first-order valence-electron chi connectivity index (χ1n) is 11.9. The van der Waals surface area contributed by atoms with Gasteiger partial charge in [0.05, 0.1) is 24.7 Å². The smallest absolute Gasteiger partial charge is 0.308 e. The zero-order valence-corrected chi connectivity index (χ0v) is 20.6. The molecule has 0 aromatic heterocycles. The van der Waals surface area contributed by atoms with Crippen molar-refractivity contribution < 1.29 is 24.1 Å². The lowest BCUT2D eigenvalue weighted by atomic mass is 9.87. The number of rotatable bonds is 8. The van der Waals surface area contributed by atoms with Crippen LogP contribution in [-0.2, 0) is 9.53 Å². The third-order valence-corrected chi connectivity index (χ3v) is 5.86. The Balaban J connectivity index is 1.80. The molecule has 5 nitrogen and oxygen atoms in total. The van der Waals surface area contributed by atoms with Crippen molar-refractivity contribution in [2.24, 2.45) is 0 Å². The maximum Gasteiger partial charge on any atom is 0.308 e. The van der Waals surface area contributed by atoms with Crippen molar-refractivity contribution in [3.8, 4) is 0 Å². The van der Waals surface area contributed by atoms with Crippen LogP contribution in [0, 0.1) is 5.82 Å².